The van der Waals surface area contributed by atoms with Gasteiger partial charge in [0, 0.05) is 38.6 Å². The fraction of sp³-hybridized carbons (Fsp3) is 0.375. The van der Waals surface area contributed by atoms with Gasteiger partial charge in [0.25, 0.3) is 5.56 Å². The maximum Gasteiger partial charge on any atom is 0.332 e. The molecule has 1 aliphatic rings. The number of imidazole rings is 1. The van der Waals surface area contributed by atoms with E-state index in [9.17, 15) is 9.59 Å². The second-order valence-corrected chi connectivity index (χ2v) is 8.52. The van der Waals surface area contributed by atoms with Gasteiger partial charge in [-0.15, -0.1) is 18.3 Å². The van der Waals surface area contributed by atoms with Gasteiger partial charge in [0.15, 0.2) is 11.2 Å². The van der Waals surface area contributed by atoms with Crippen molar-refractivity contribution in [3.63, 3.8) is 0 Å². The largest absolute Gasteiger partial charge is 0.341 e. The SMILES string of the molecule is CC#CCn1c(N2CCC[C@@H](N)C2)nc2c1c(=O)n(Cc1cccc3nccnc13)c(=O)n2C.Cl. The Bertz CT molecular complexity index is 1570. The summed E-state index contributed by atoms with van der Waals surface area (Å²) < 4.78 is 4.47. The second kappa shape index (κ2) is 9.90. The van der Waals surface area contributed by atoms with Crippen LogP contribution in [0.5, 0.6) is 0 Å². The zero-order chi connectivity index (χ0) is 23.8. The molecule has 5 rings (SSSR count). The maximum absolute atomic E-state index is 13.7. The lowest BCUT2D eigenvalue weighted by Crippen LogP contribution is -2.44. The summed E-state index contributed by atoms with van der Waals surface area (Å²) in [5.74, 6) is 6.56. The van der Waals surface area contributed by atoms with Crippen LogP contribution in [-0.2, 0) is 20.1 Å². The molecule has 1 fully saturated rings. The molecule has 4 heterocycles. The summed E-state index contributed by atoms with van der Waals surface area (Å²) in [6, 6.07) is 5.59. The van der Waals surface area contributed by atoms with Crippen LogP contribution in [0.25, 0.3) is 22.2 Å². The van der Waals surface area contributed by atoms with E-state index >= 15 is 0 Å². The van der Waals surface area contributed by atoms with Crippen LogP contribution < -0.4 is 21.9 Å². The van der Waals surface area contributed by atoms with E-state index in [1.54, 1.807) is 26.4 Å². The van der Waals surface area contributed by atoms with E-state index in [1.165, 1.54) is 9.13 Å². The van der Waals surface area contributed by atoms with Crippen LogP contribution >= 0.6 is 12.4 Å². The van der Waals surface area contributed by atoms with Crippen molar-refractivity contribution in [3.05, 3.63) is 57.0 Å². The highest BCUT2D eigenvalue weighted by Gasteiger charge is 2.26. The fourth-order valence-corrected chi connectivity index (χ4v) is 4.59. The smallest absolute Gasteiger partial charge is 0.332 e. The van der Waals surface area contributed by atoms with E-state index in [2.05, 4.69) is 26.7 Å². The van der Waals surface area contributed by atoms with Gasteiger partial charge in [-0.25, -0.2) is 4.79 Å². The molecular formula is C24H27ClN8O2. The highest BCUT2D eigenvalue weighted by atomic mass is 35.5. The molecule has 0 spiro atoms. The molecule has 4 aromatic rings. The number of hydrogen-bond acceptors (Lipinski definition) is 7. The number of anilines is 1. The highest BCUT2D eigenvalue weighted by Crippen LogP contribution is 2.23. The molecule has 0 bridgehead atoms. The minimum atomic E-state index is -0.438. The van der Waals surface area contributed by atoms with E-state index in [4.69, 9.17) is 10.7 Å². The molecule has 3 aromatic heterocycles. The number of benzene rings is 1. The number of fused-ring (bicyclic) bond motifs is 2. The predicted octanol–water partition coefficient (Wildman–Crippen LogP) is 1.26. The number of hydrogen-bond donors (Lipinski definition) is 1. The maximum atomic E-state index is 13.7. The first kappa shape index (κ1) is 24.4. The Morgan fingerprint density at radius 1 is 1.17 bits per heavy atom. The molecule has 0 saturated carbocycles. The van der Waals surface area contributed by atoms with Crippen molar-refractivity contribution in [1.82, 2.24) is 28.7 Å². The van der Waals surface area contributed by atoms with Crippen molar-refractivity contribution in [2.45, 2.75) is 38.9 Å². The number of rotatable bonds is 4. The van der Waals surface area contributed by atoms with Crippen LogP contribution in [-0.4, -0.2) is 47.8 Å². The van der Waals surface area contributed by atoms with Gasteiger partial charge in [-0.2, -0.15) is 4.98 Å². The molecule has 0 radical (unpaired) electrons. The lowest BCUT2D eigenvalue weighted by molar-refractivity contribution is 0.496. The number of aromatic nitrogens is 6. The second-order valence-electron chi connectivity index (χ2n) is 8.52. The van der Waals surface area contributed by atoms with Gasteiger partial charge in [0.1, 0.15) is 0 Å². The van der Waals surface area contributed by atoms with Crippen LogP contribution in [0, 0.1) is 11.8 Å². The van der Waals surface area contributed by atoms with Gasteiger partial charge in [0.05, 0.1) is 24.1 Å². The summed E-state index contributed by atoms with van der Waals surface area (Å²) in [5.41, 5.74) is 8.17. The van der Waals surface area contributed by atoms with Crippen LogP contribution in [0.2, 0.25) is 0 Å². The first-order chi connectivity index (χ1) is 16.5. The number of aryl methyl sites for hydroxylation is 1. The number of para-hydroxylation sites is 1. The van der Waals surface area contributed by atoms with E-state index in [1.807, 2.05) is 22.8 Å². The van der Waals surface area contributed by atoms with Crippen LogP contribution in [0.3, 0.4) is 0 Å². The van der Waals surface area contributed by atoms with Gasteiger partial charge in [-0.3, -0.25) is 28.5 Å². The van der Waals surface area contributed by atoms with Crippen molar-refractivity contribution in [2.24, 2.45) is 12.8 Å². The summed E-state index contributed by atoms with van der Waals surface area (Å²) in [4.78, 5) is 42.6. The minimum Gasteiger partial charge on any atom is -0.341 e. The third-order valence-electron chi connectivity index (χ3n) is 6.28. The normalized spacial score (nSPS) is 15.6. The third kappa shape index (κ3) is 4.29. The standard InChI is InChI=1S/C24H26N8O2.ClH/c1-3-4-13-31-20-21(28-23(31)30-12-6-8-17(25)15-30)29(2)24(34)32(22(20)33)14-16-7-5-9-18-19(16)27-11-10-26-18;/h5,7,9-11,17H,6,8,12-15,25H2,1-2H3;1H/t17-;/m1./s1. The first-order valence-electron chi connectivity index (χ1n) is 11.3. The summed E-state index contributed by atoms with van der Waals surface area (Å²) in [6.07, 6.45) is 5.11. The summed E-state index contributed by atoms with van der Waals surface area (Å²) >= 11 is 0. The zero-order valence-electron chi connectivity index (χ0n) is 19.6. The molecule has 0 aliphatic carbocycles. The van der Waals surface area contributed by atoms with Crippen LogP contribution in [0.1, 0.15) is 25.3 Å². The van der Waals surface area contributed by atoms with Gasteiger partial charge in [0.2, 0.25) is 5.95 Å². The molecule has 10 nitrogen and oxygen atoms in total. The average molecular weight is 495 g/mol. The topological polar surface area (TPSA) is 117 Å². The van der Waals surface area contributed by atoms with Crippen molar-refractivity contribution >= 4 is 40.6 Å². The van der Waals surface area contributed by atoms with Crippen molar-refractivity contribution in [1.29, 1.82) is 0 Å². The van der Waals surface area contributed by atoms with Gasteiger partial charge < -0.3 is 10.6 Å². The predicted molar refractivity (Wildman–Crippen MR) is 138 cm³/mol. The Morgan fingerprint density at radius 3 is 2.74 bits per heavy atom. The van der Waals surface area contributed by atoms with Crippen molar-refractivity contribution in [3.8, 4) is 11.8 Å². The first-order valence-corrected chi connectivity index (χ1v) is 11.3. The zero-order valence-corrected chi connectivity index (χ0v) is 20.5. The van der Waals surface area contributed by atoms with Crippen LogP contribution in [0.15, 0.2) is 40.2 Å². The average Bonchev–Trinajstić information content (AvgIpc) is 3.24. The van der Waals surface area contributed by atoms with Gasteiger partial charge in [-0.05, 0) is 31.4 Å². The molecule has 11 heteroatoms. The van der Waals surface area contributed by atoms with Crippen LogP contribution in [0.4, 0.5) is 5.95 Å². The molecule has 1 aliphatic heterocycles. The number of nitrogens with zero attached hydrogens (tertiary/aromatic N) is 7. The molecule has 0 unspecified atom stereocenters. The molecule has 2 N–H and O–H groups in total. The van der Waals surface area contributed by atoms with E-state index in [0.29, 0.717) is 41.2 Å². The molecule has 1 atom stereocenters. The van der Waals surface area contributed by atoms with Crippen molar-refractivity contribution in [2.75, 3.05) is 18.0 Å². The lowest BCUT2D eigenvalue weighted by Gasteiger charge is -2.31. The molecule has 35 heavy (non-hydrogen) atoms. The Morgan fingerprint density at radius 2 is 1.97 bits per heavy atom. The molecule has 182 valence electrons. The van der Waals surface area contributed by atoms with Crippen molar-refractivity contribution < 1.29 is 0 Å². The third-order valence-corrected chi connectivity index (χ3v) is 6.28. The summed E-state index contributed by atoms with van der Waals surface area (Å²) in [7, 11) is 1.64. The fourth-order valence-electron chi connectivity index (χ4n) is 4.59. The Labute approximate surface area is 207 Å². The van der Waals surface area contributed by atoms with E-state index in [0.717, 1.165) is 24.9 Å². The monoisotopic (exact) mass is 494 g/mol. The Hall–Kier alpha value is -3.68. The Balaban J connectivity index is 0.00000289. The molecule has 1 aromatic carbocycles. The molecule has 1 saturated heterocycles. The number of halogens is 1. The molecular weight excluding hydrogens is 468 g/mol. The summed E-state index contributed by atoms with van der Waals surface area (Å²) in [5, 5.41) is 0. The minimum absolute atomic E-state index is 0. The lowest BCUT2D eigenvalue weighted by atomic mass is 10.1. The van der Waals surface area contributed by atoms with Gasteiger partial charge in [-0.1, -0.05) is 18.1 Å². The van der Waals surface area contributed by atoms with E-state index < -0.39 is 11.2 Å². The highest BCUT2D eigenvalue weighted by molar-refractivity contribution is 5.85. The quantitative estimate of drug-likeness (QED) is 0.424. The van der Waals surface area contributed by atoms with Gasteiger partial charge >= 0.3 is 5.69 Å². The number of piperidine rings is 1. The van der Waals surface area contributed by atoms with E-state index in [-0.39, 0.29) is 25.0 Å². The number of nitrogens with two attached hydrogens (primary N) is 1. The molecule has 0 amide bonds. The Kier molecular flexibility index (Phi) is 6.91. The summed E-state index contributed by atoms with van der Waals surface area (Å²) in [6.45, 7) is 3.55.